The summed E-state index contributed by atoms with van der Waals surface area (Å²) in [5.74, 6) is -2.27. The lowest BCUT2D eigenvalue weighted by molar-refractivity contribution is 0.0945. The van der Waals surface area contributed by atoms with Crippen LogP contribution in [-0.2, 0) is 6.54 Å². The standard InChI is InChI=1S/C12H10F2N4O/c13-8-2-1-7(3-9(8)14)4-17-12(19)10-5-16-6-11(15)18-10/h1-3,5-6H,4H2,(H2,15,18)(H,17,19). The van der Waals surface area contributed by atoms with E-state index in [1.54, 1.807) is 0 Å². The van der Waals surface area contributed by atoms with Gasteiger partial charge in [0.2, 0.25) is 0 Å². The average molecular weight is 264 g/mol. The van der Waals surface area contributed by atoms with Gasteiger partial charge in [0.25, 0.3) is 5.91 Å². The number of aromatic nitrogens is 2. The van der Waals surface area contributed by atoms with Crippen LogP contribution in [0.15, 0.2) is 30.6 Å². The molecule has 1 aromatic carbocycles. The van der Waals surface area contributed by atoms with E-state index in [2.05, 4.69) is 15.3 Å². The van der Waals surface area contributed by atoms with E-state index in [0.717, 1.165) is 12.1 Å². The fraction of sp³-hybridized carbons (Fsp3) is 0.0833. The Morgan fingerprint density at radius 1 is 1.26 bits per heavy atom. The van der Waals surface area contributed by atoms with Crippen LogP contribution in [0.3, 0.4) is 0 Å². The molecule has 0 spiro atoms. The lowest BCUT2D eigenvalue weighted by Crippen LogP contribution is -2.24. The zero-order valence-corrected chi connectivity index (χ0v) is 9.73. The monoisotopic (exact) mass is 264 g/mol. The summed E-state index contributed by atoms with van der Waals surface area (Å²) < 4.78 is 25.7. The smallest absolute Gasteiger partial charge is 0.271 e. The first-order valence-corrected chi connectivity index (χ1v) is 5.36. The maximum absolute atomic E-state index is 13.0. The molecule has 0 aliphatic carbocycles. The molecular weight excluding hydrogens is 254 g/mol. The highest BCUT2D eigenvalue weighted by Gasteiger charge is 2.08. The van der Waals surface area contributed by atoms with Crippen LogP contribution in [0.5, 0.6) is 0 Å². The van der Waals surface area contributed by atoms with E-state index in [9.17, 15) is 13.6 Å². The Labute approximate surface area is 107 Å². The summed E-state index contributed by atoms with van der Waals surface area (Å²) in [5.41, 5.74) is 5.89. The summed E-state index contributed by atoms with van der Waals surface area (Å²) in [5, 5.41) is 2.50. The summed E-state index contributed by atoms with van der Waals surface area (Å²) in [4.78, 5) is 19.2. The number of anilines is 1. The minimum Gasteiger partial charge on any atom is -0.382 e. The van der Waals surface area contributed by atoms with Crippen molar-refractivity contribution in [2.24, 2.45) is 0 Å². The highest BCUT2D eigenvalue weighted by molar-refractivity contribution is 5.92. The lowest BCUT2D eigenvalue weighted by Gasteiger charge is -2.05. The third-order valence-corrected chi connectivity index (χ3v) is 2.32. The van der Waals surface area contributed by atoms with Gasteiger partial charge in [-0.15, -0.1) is 0 Å². The van der Waals surface area contributed by atoms with Gasteiger partial charge in [-0.3, -0.25) is 9.78 Å². The molecule has 0 fully saturated rings. The van der Waals surface area contributed by atoms with Gasteiger partial charge in [0.15, 0.2) is 11.6 Å². The summed E-state index contributed by atoms with van der Waals surface area (Å²) >= 11 is 0. The minimum atomic E-state index is -0.963. The van der Waals surface area contributed by atoms with Crippen LogP contribution in [-0.4, -0.2) is 15.9 Å². The van der Waals surface area contributed by atoms with Gasteiger partial charge in [0.1, 0.15) is 11.5 Å². The summed E-state index contributed by atoms with van der Waals surface area (Å²) in [7, 11) is 0. The predicted octanol–water partition coefficient (Wildman–Crippen LogP) is 1.27. The van der Waals surface area contributed by atoms with Gasteiger partial charge in [0, 0.05) is 6.54 Å². The maximum atomic E-state index is 13.0. The fourth-order valence-electron chi connectivity index (χ4n) is 1.41. The molecule has 0 bridgehead atoms. The Hall–Kier alpha value is -2.57. The normalized spacial score (nSPS) is 10.2. The first-order chi connectivity index (χ1) is 9.06. The Bertz CT molecular complexity index is 618. The molecule has 0 saturated heterocycles. The van der Waals surface area contributed by atoms with E-state index in [0.29, 0.717) is 5.56 Å². The van der Waals surface area contributed by atoms with Crippen molar-refractivity contribution in [3.63, 3.8) is 0 Å². The highest BCUT2D eigenvalue weighted by Crippen LogP contribution is 2.08. The Morgan fingerprint density at radius 2 is 2.05 bits per heavy atom. The molecule has 98 valence electrons. The van der Waals surface area contributed by atoms with Crippen molar-refractivity contribution in [2.75, 3.05) is 5.73 Å². The summed E-state index contributed by atoms with van der Waals surface area (Å²) in [6.07, 6.45) is 2.57. The molecule has 0 unspecified atom stereocenters. The average Bonchev–Trinajstić information content (AvgIpc) is 2.40. The van der Waals surface area contributed by atoms with E-state index >= 15 is 0 Å². The minimum absolute atomic E-state index is 0.0481. The number of nitrogen functional groups attached to an aromatic ring is 1. The number of benzene rings is 1. The molecule has 0 aliphatic heterocycles. The first kappa shape index (κ1) is 12.9. The number of nitrogens with zero attached hydrogens (tertiary/aromatic N) is 2. The number of hydrogen-bond donors (Lipinski definition) is 2. The van der Waals surface area contributed by atoms with Gasteiger partial charge in [-0.2, -0.15) is 0 Å². The lowest BCUT2D eigenvalue weighted by atomic mass is 10.2. The van der Waals surface area contributed by atoms with Crippen molar-refractivity contribution in [3.8, 4) is 0 Å². The van der Waals surface area contributed by atoms with Crippen LogP contribution >= 0.6 is 0 Å². The Morgan fingerprint density at radius 3 is 2.74 bits per heavy atom. The van der Waals surface area contributed by atoms with E-state index in [4.69, 9.17) is 5.73 Å². The van der Waals surface area contributed by atoms with Crippen LogP contribution in [0.25, 0.3) is 0 Å². The van der Waals surface area contributed by atoms with Crippen molar-refractivity contribution < 1.29 is 13.6 Å². The molecule has 0 atom stereocenters. The number of hydrogen-bond acceptors (Lipinski definition) is 4. The molecule has 0 saturated carbocycles. The number of rotatable bonds is 3. The third-order valence-electron chi connectivity index (χ3n) is 2.32. The molecule has 19 heavy (non-hydrogen) atoms. The third kappa shape index (κ3) is 3.21. The summed E-state index contributed by atoms with van der Waals surface area (Å²) in [6.45, 7) is 0.0481. The highest BCUT2D eigenvalue weighted by atomic mass is 19.2. The number of halogens is 2. The molecule has 1 aromatic heterocycles. The van der Waals surface area contributed by atoms with E-state index < -0.39 is 17.5 Å². The van der Waals surface area contributed by atoms with Crippen molar-refractivity contribution in [1.29, 1.82) is 0 Å². The molecular formula is C12H10F2N4O. The quantitative estimate of drug-likeness (QED) is 0.874. The zero-order chi connectivity index (χ0) is 13.8. The van der Waals surface area contributed by atoms with Gasteiger partial charge >= 0.3 is 0 Å². The summed E-state index contributed by atoms with van der Waals surface area (Å²) in [6, 6.07) is 3.39. The number of nitrogens with two attached hydrogens (primary N) is 1. The van der Waals surface area contributed by atoms with Crippen LogP contribution in [0, 0.1) is 11.6 Å². The van der Waals surface area contributed by atoms with Gasteiger partial charge in [0.05, 0.1) is 12.4 Å². The number of carbonyl (C=O) groups is 1. The van der Waals surface area contributed by atoms with Crippen LogP contribution < -0.4 is 11.1 Å². The molecule has 1 heterocycles. The molecule has 0 radical (unpaired) electrons. The van der Waals surface area contributed by atoms with Gasteiger partial charge in [-0.05, 0) is 17.7 Å². The first-order valence-electron chi connectivity index (χ1n) is 5.36. The van der Waals surface area contributed by atoms with Gasteiger partial charge in [-0.25, -0.2) is 13.8 Å². The van der Waals surface area contributed by atoms with E-state index in [1.165, 1.54) is 18.5 Å². The number of amides is 1. The number of carbonyl (C=O) groups excluding carboxylic acids is 1. The molecule has 3 N–H and O–H groups in total. The van der Waals surface area contributed by atoms with Crippen molar-refractivity contribution >= 4 is 11.7 Å². The molecule has 1 amide bonds. The largest absolute Gasteiger partial charge is 0.382 e. The van der Waals surface area contributed by atoms with Gasteiger partial charge in [-0.1, -0.05) is 6.07 Å². The van der Waals surface area contributed by atoms with E-state index in [-0.39, 0.29) is 18.1 Å². The molecule has 5 nitrogen and oxygen atoms in total. The topological polar surface area (TPSA) is 80.9 Å². The second-order valence-electron chi connectivity index (χ2n) is 3.76. The Balaban J connectivity index is 2.02. The van der Waals surface area contributed by atoms with Crippen molar-refractivity contribution in [2.45, 2.75) is 6.54 Å². The second kappa shape index (κ2) is 5.38. The molecule has 2 aromatic rings. The van der Waals surface area contributed by atoms with E-state index in [1.807, 2.05) is 0 Å². The number of nitrogens with one attached hydrogen (secondary N) is 1. The van der Waals surface area contributed by atoms with Crippen molar-refractivity contribution in [1.82, 2.24) is 15.3 Å². The molecule has 0 aliphatic rings. The van der Waals surface area contributed by atoms with Crippen LogP contribution in [0.4, 0.5) is 14.6 Å². The van der Waals surface area contributed by atoms with Crippen molar-refractivity contribution in [3.05, 3.63) is 53.5 Å². The van der Waals surface area contributed by atoms with Gasteiger partial charge < -0.3 is 11.1 Å². The Kier molecular flexibility index (Phi) is 3.65. The van der Waals surface area contributed by atoms with Crippen LogP contribution in [0.1, 0.15) is 16.1 Å². The maximum Gasteiger partial charge on any atom is 0.271 e. The van der Waals surface area contributed by atoms with Crippen LogP contribution in [0.2, 0.25) is 0 Å². The zero-order valence-electron chi connectivity index (χ0n) is 9.73. The fourth-order valence-corrected chi connectivity index (χ4v) is 1.41. The second-order valence-corrected chi connectivity index (χ2v) is 3.76. The molecule has 2 rings (SSSR count). The SMILES string of the molecule is Nc1cncc(C(=O)NCc2ccc(F)c(F)c2)n1. The predicted molar refractivity (Wildman–Crippen MR) is 64.0 cm³/mol. The molecule has 7 heteroatoms.